The van der Waals surface area contributed by atoms with Gasteiger partial charge in [-0.25, -0.2) is 4.98 Å². The van der Waals surface area contributed by atoms with Gasteiger partial charge in [0, 0.05) is 28.6 Å². The Labute approximate surface area is 115 Å². The van der Waals surface area contributed by atoms with Crippen LogP contribution in [0.2, 0.25) is 0 Å². The van der Waals surface area contributed by atoms with Crippen LogP contribution in [-0.4, -0.2) is 33.6 Å². The molecule has 0 aromatic carbocycles. The number of aromatic nitrogens is 2. The Morgan fingerprint density at radius 3 is 2.72 bits per heavy atom. The normalized spacial score (nSPS) is 20.0. The first-order valence-electron chi connectivity index (χ1n) is 6.73. The molecule has 0 aliphatic carbocycles. The lowest BCUT2D eigenvalue weighted by Gasteiger charge is -2.36. The molecular weight excluding hydrogens is 242 g/mol. The third-order valence-electron chi connectivity index (χ3n) is 4.14. The minimum atomic E-state index is 0.263. The van der Waals surface area contributed by atoms with Crippen LogP contribution in [-0.2, 0) is 12.0 Å². The molecule has 0 saturated carbocycles. The van der Waals surface area contributed by atoms with Crippen molar-refractivity contribution in [3.8, 4) is 0 Å². The van der Waals surface area contributed by atoms with Crippen LogP contribution in [0, 0.1) is 0 Å². The molecule has 1 aromatic heterocycles. The van der Waals surface area contributed by atoms with Gasteiger partial charge in [-0.1, -0.05) is 6.92 Å². The van der Waals surface area contributed by atoms with Crippen molar-refractivity contribution in [1.82, 2.24) is 14.9 Å². The largest absolute Gasteiger partial charge is 0.333 e. The number of hydrogen-bond acceptors (Lipinski definition) is 3. The maximum Gasteiger partial charge on any atom is 0.0948 e. The number of imidazole rings is 1. The number of nitrogens with zero attached hydrogens (tertiary/aromatic N) is 2. The Balaban J connectivity index is 2.21. The van der Waals surface area contributed by atoms with Gasteiger partial charge in [-0.2, -0.15) is 11.8 Å². The number of rotatable bonds is 4. The van der Waals surface area contributed by atoms with Gasteiger partial charge < -0.3 is 9.88 Å². The molecule has 1 aromatic rings. The highest BCUT2D eigenvalue weighted by atomic mass is 32.2. The quantitative estimate of drug-likeness (QED) is 0.909. The van der Waals surface area contributed by atoms with Crippen molar-refractivity contribution in [2.24, 2.45) is 0 Å². The summed E-state index contributed by atoms with van der Waals surface area (Å²) in [6, 6.07) is 0. The monoisotopic (exact) mass is 267 g/mol. The van der Waals surface area contributed by atoms with Crippen molar-refractivity contribution in [2.45, 2.75) is 50.3 Å². The van der Waals surface area contributed by atoms with Crippen molar-refractivity contribution >= 4 is 11.8 Å². The van der Waals surface area contributed by atoms with Crippen LogP contribution in [0.1, 0.15) is 39.3 Å². The molecule has 1 saturated heterocycles. The molecule has 102 valence electrons. The second kappa shape index (κ2) is 5.25. The van der Waals surface area contributed by atoms with Gasteiger partial charge in [0.1, 0.15) is 0 Å². The Morgan fingerprint density at radius 1 is 1.44 bits per heavy atom. The lowest BCUT2D eigenvalue weighted by molar-refractivity contribution is 0.314. The highest BCUT2D eigenvalue weighted by molar-refractivity contribution is 7.99. The molecule has 0 unspecified atom stereocenters. The molecule has 1 N–H and O–H groups in total. The van der Waals surface area contributed by atoms with Gasteiger partial charge in [-0.05, 0) is 46.0 Å². The first kappa shape index (κ1) is 13.9. The fourth-order valence-electron chi connectivity index (χ4n) is 2.66. The summed E-state index contributed by atoms with van der Waals surface area (Å²) in [5, 5.41) is 3.45. The summed E-state index contributed by atoms with van der Waals surface area (Å²) in [6.07, 6.45) is 8.67. The van der Waals surface area contributed by atoms with E-state index in [0.29, 0.717) is 0 Å². The zero-order chi connectivity index (χ0) is 13.2. The predicted octanol–water partition coefficient (Wildman–Crippen LogP) is 2.67. The van der Waals surface area contributed by atoms with Crippen molar-refractivity contribution in [3.63, 3.8) is 0 Å². The average molecular weight is 267 g/mol. The van der Waals surface area contributed by atoms with Crippen LogP contribution in [0.3, 0.4) is 0 Å². The number of thioether (sulfide) groups is 1. The summed E-state index contributed by atoms with van der Waals surface area (Å²) in [7, 11) is 0. The number of piperidine rings is 1. The van der Waals surface area contributed by atoms with E-state index in [1.807, 2.05) is 18.1 Å². The van der Waals surface area contributed by atoms with Crippen molar-refractivity contribution in [1.29, 1.82) is 0 Å². The molecule has 0 radical (unpaired) electrons. The maximum absolute atomic E-state index is 4.39. The van der Waals surface area contributed by atoms with Gasteiger partial charge in [0.25, 0.3) is 0 Å². The van der Waals surface area contributed by atoms with E-state index in [2.05, 4.69) is 48.1 Å². The Kier molecular flexibility index (Phi) is 4.07. The van der Waals surface area contributed by atoms with E-state index in [-0.39, 0.29) is 10.2 Å². The lowest BCUT2D eigenvalue weighted by atomic mass is 9.78. The van der Waals surface area contributed by atoms with Crippen LogP contribution < -0.4 is 5.32 Å². The van der Waals surface area contributed by atoms with Crippen LogP contribution in [0.25, 0.3) is 0 Å². The van der Waals surface area contributed by atoms with Crippen molar-refractivity contribution in [2.75, 3.05) is 19.3 Å². The van der Waals surface area contributed by atoms with Gasteiger partial charge in [0.2, 0.25) is 0 Å². The third kappa shape index (κ3) is 2.91. The van der Waals surface area contributed by atoms with E-state index in [9.17, 15) is 0 Å². The van der Waals surface area contributed by atoms with Gasteiger partial charge >= 0.3 is 0 Å². The van der Waals surface area contributed by atoms with E-state index in [0.717, 1.165) is 19.6 Å². The predicted molar refractivity (Wildman–Crippen MR) is 79.3 cm³/mol. The third-order valence-corrected chi connectivity index (χ3v) is 5.38. The summed E-state index contributed by atoms with van der Waals surface area (Å²) in [5.74, 6) is 0. The second-order valence-electron chi connectivity index (χ2n) is 6.18. The Morgan fingerprint density at radius 2 is 2.11 bits per heavy atom. The Bertz CT molecular complexity index is 391. The molecule has 1 aliphatic heterocycles. The topological polar surface area (TPSA) is 29.9 Å². The molecule has 2 heterocycles. The zero-order valence-electron chi connectivity index (χ0n) is 12.0. The molecule has 2 rings (SSSR count). The van der Waals surface area contributed by atoms with Crippen molar-refractivity contribution < 1.29 is 0 Å². The minimum absolute atomic E-state index is 0.263. The smallest absolute Gasteiger partial charge is 0.0948 e. The average Bonchev–Trinajstić information content (AvgIpc) is 2.78. The second-order valence-corrected chi connectivity index (χ2v) is 7.69. The molecule has 0 bridgehead atoms. The van der Waals surface area contributed by atoms with Crippen LogP contribution in [0.5, 0.6) is 0 Å². The number of nitrogens with one attached hydrogen (secondary N) is 1. The lowest BCUT2D eigenvalue weighted by Crippen LogP contribution is -2.39. The van der Waals surface area contributed by atoms with E-state index < -0.39 is 0 Å². The summed E-state index contributed by atoms with van der Waals surface area (Å²) in [4.78, 5) is 4.39. The standard InChI is InChI=1S/C14H25N3S/c1-13(2,18-4)10-17-11-16-9-12(17)14(3)5-7-15-8-6-14/h9,11,15H,5-8,10H2,1-4H3. The van der Waals surface area contributed by atoms with E-state index in [4.69, 9.17) is 0 Å². The number of hydrogen-bond donors (Lipinski definition) is 1. The highest BCUT2D eigenvalue weighted by Gasteiger charge is 2.32. The molecular formula is C14H25N3S. The minimum Gasteiger partial charge on any atom is -0.333 e. The van der Waals surface area contributed by atoms with E-state index in [1.54, 1.807) is 0 Å². The van der Waals surface area contributed by atoms with Crippen LogP contribution in [0.4, 0.5) is 0 Å². The summed E-state index contributed by atoms with van der Waals surface area (Å²) in [6.45, 7) is 10.2. The molecule has 1 fully saturated rings. The highest BCUT2D eigenvalue weighted by Crippen LogP contribution is 2.34. The SMILES string of the molecule is CSC(C)(C)Cn1cncc1C1(C)CCNCC1. The van der Waals surface area contributed by atoms with Gasteiger partial charge in [-0.15, -0.1) is 0 Å². The fourth-order valence-corrected chi connectivity index (χ4v) is 2.93. The molecule has 3 nitrogen and oxygen atoms in total. The molecule has 1 aliphatic rings. The van der Waals surface area contributed by atoms with Gasteiger partial charge in [-0.3, -0.25) is 0 Å². The summed E-state index contributed by atoms with van der Waals surface area (Å²) in [5.41, 5.74) is 1.70. The Hall–Kier alpha value is -0.480. The summed E-state index contributed by atoms with van der Waals surface area (Å²) >= 11 is 1.92. The van der Waals surface area contributed by atoms with E-state index >= 15 is 0 Å². The fraction of sp³-hybridized carbons (Fsp3) is 0.786. The molecule has 4 heteroatoms. The first-order valence-corrected chi connectivity index (χ1v) is 7.96. The van der Waals surface area contributed by atoms with Crippen LogP contribution >= 0.6 is 11.8 Å². The van der Waals surface area contributed by atoms with Crippen molar-refractivity contribution in [3.05, 3.63) is 18.2 Å². The summed E-state index contributed by atoms with van der Waals surface area (Å²) < 4.78 is 2.63. The molecule has 0 atom stereocenters. The van der Waals surface area contributed by atoms with Gasteiger partial charge in [0.15, 0.2) is 0 Å². The molecule has 0 spiro atoms. The molecule has 0 amide bonds. The zero-order valence-corrected chi connectivity index (χ0v) is 12.8. The maximum atomic E-state index is 4.39. The van der Waals surface area contributed by atoms with E-state index in [1.165, 1.54) is 18.5 Å². The molecule has 18 heavy (non-hydrogen) atoms. The van der Waals surface area contributed by atoms with Crippen LogP contribution in [0.15, 0.2) is 12.5 Å². The first-order chi connectivity index (χ1) is 8.47. The van der Waals surface area contributed by atoms with Gasteiger partial charge in [0.05, 0.1) is 6.33 Å².